The van der Waals surface area contributed by atoms with E-state index in [-0.39, 0.29) is 18.1 Å². The molecule has 7 heteroatoms. The van der Waals surface area contributed by atoms with E-state index in [4.69, 9.17) is 4.74 Å². The largest absolute Gasteiger partial charge is 0.452 e. The van der Waals surface area contributed by atoms with E-state index in [9.17, 15) is 9.59 Å². The maximum Gasteiger partial charge on any atom is 0.338 e. The number of carbonyl (C=O) groups excluding carboxylic acids is 2. The van der Waals surface area contributed by atoms with Crippen LogP contribution in [0.1, 0.15) is 42.4 Å². The average Bonchev–Trinajstić information content (AvgIpc) is 2.95. The molecule has 1 aromatic carbocycles. The molecule has 5 nitrogen and oxygen atoms in total. The molecule has 0 aliphatic rings. The molecule has 0 saturated carbocycles. The van der Waals surface area contributed by atoms with Crippen LogP contribution in [0.3, 0.4) is 0 Å². The number of carbonyl (C=O) groups is 2. The number of aromatic nitrogens is 1. The maximum atomic E-state index is 12.3. The fourth-order valence-corrected chi connectivity index (χ4v) is 3.90. The van der Waals surface area contributed by atoms with Gasteiger partial charge >= 0.3 is 5.97 Å². The zero-order valence-corrected chi connectivity index (χ0v) is 16.4. The van der Waals surface area contributed by atoms with Gasteiger partial charge in [-0.3, -0.25) is 4.79 Å². The fraction of sp³-hybridized carbons (Fsp3) is 0.389. The highest BCUT2D eigenvalue weighted by molar-refractivity contribution is 8.00. The number of ether oxygens (including phenoxy) is 1. The van der Waals surface area contributed by atoms with Gasteiger partial charge in [-0.05, 0) is 39.3 Å². The molecule has 0 fully saturated rings. The lowest BCUT2D eigenvalue weighted by molar-refractivity contribution is -0.125. The standard InChI is InChI=1S/C18H22N2O3S2/c1-12-10-24-17(19-12)25-11-13-7-5-6-8-14(13)16(22)23-9-15(21)20-18(2,3)4/h5-8,10H,9,11H2,1-4H3,(H,20,21). The van der Waals surface area contributed by atoms with Crippen molar-refractivity contribution in [3.05, 3.63) is 46.5 Å². The number of rotatable bonds is 6. The summed E-state index contributed by atoms with van der Waals surface area (Å²) in [6.07, 6.45) is 0. The molecule has 0 radical (unpaired) electrons. The molecule has 2 rings (SSSR count). The van der Waals surface area contributed by atoms with Gasteiger partial charge in [-0.15, -0.1) is 11.3 Å². The monoisotopic (exact) mass is 378 g/mol. The SMILES string of the molecule is Cc1csc(SCc2ccccc2C(=O)OCC(=O)NC(C)(C)C)n1. The van der Waals surface area contributed by atoms with Crippen LogP contribution < -0.4 is 5.32 Å². The summed E-state index contributed by atoms with van der Waals surface area (Å²) in [5.74, 6) is -0.187. The molecule has 1 heterocycles. The minimum Gasteiger partial charge on any atom is -0.452 e. The molecule has 0 aliphatic heterocycles. The molecule has 25 heavy (non-hydrogen) atoms. The van der Waals surface area contributed by atoms with E-state index in [0.717, 1.165) is 15.6 Å². The van der Waals surface area contributed by atoms with E-state index in [1.54, 1.807) is 35.2 Å². The second kappa shape index (κ2) is 8.49. The van der Waals surface area contributed by atoms with Gasteiger partial charge in [0.05, 0.1) is 5.56 Å². The number of aryl methyl sites for hydroxylation is 1. The lowest BCUT2D eigenvalue weighted by Gasteiger charge is -2.20. The van der Waals surface area contributed by atoms with E-state index in [1.165, 1.54) is 0 Å². The highest BCUT2D eigenvalue weighted by atomic mass is 32.2. The van der Waals surface area contributed by atoms with Crippen LogP contribution in [0.15, 0.2) is 34.0 Å². The molecule has 0 bridgehead atoms. The van der Waals surface area contributed by atoms with Gasteiger partial charge < -0.3 is 10.1 Å². The first-order valence-corrected chi connectivity index (χ1v) is 9.72. The van der Waals surface area contributed by atoms with Gasteiger partial charge in [0.1, 0.15) is 4.34 Å². The Morgan fingerprint density at radius 3 is 2.64 bits per heavy atom. The summed E-state index contributed by atoms with van der Waals surface area (Å²) in [5.41, 5.74) is 1.97. The van der Waals surface area contributed by atoms with Gasteiger partial charge in [0.2, 0.25) is 0 Å². The quantitative estimate of drug-likeness (QED) is 0.611. The number of esters is 1. The number of thiazole rings is 1. The van der Waals surface area contributed by atoms with Gasteiger partial charge in [0.25, 0.3) is 5.91 Å². The summed E-state index contributed by atoms with van der Waals surface area (Å²) in [5, 5.41) is 4.76. The summed E-state index contributed by atoms with van der Waals surface area (Å²) in [6, 6.07) is 7.27. The normalized spacial score (nSPS) is 11.2. The number of hydrogen-bond donors (Lipinski definition) is 1. The van der Waals surface area contributed by atoms with Gasteiger partial charge in [0.15, 0.2) is 6.61 Å². The zero-order valence-electron chi connectivity index (χ0n) is 14.8. The molecular weight excluding hydrogens is 356 g/mol. The number of amides is 1. The smallest absolute Gasteiger partial charge is 0.338 e. The summed E-state index contributed by atoms with van der Waals surface area (Å²) in [6.45, 7) is 7.29. The topological polar surface area (TPSA) is 68.3 Å². The molecular formula is C18H22N2O3S2. The number of thioether (sulfide) groups is 1. The van der Waals surface area contributed by atoms with E-state index in [1.807, 2.05) is 45.2 Å². The van der Waals surface area contributed by atoms with Crippen molar-refractivity contribution >= 4 is 35.0 Å². The molecule has 0 atom stereocenters. The van der Waals surface area contributed by atoms with Crippen LogP contribution in [-0.4, -0.2) is 29.0 Å². The van der Waals surface area contributed by atoms with Gasteiger partial charge in [0, 0.05) is 22.4 Å². The predicted octanol–water partition coefficient (Wildman–Crippen LogP) is 3.82. The van der Waals surface area contributed by atoms with Crippen LogP contribution in [0.4, 0.5) is 0 Å². The Balaban J connectivity index is 1.96. The molecule has 1 amide bonds. The van der Waals surface area contributed by atoms with Crippen LogP contribution in [0.5, 0.6) is 0 Å². The van der Waals surface area contributed by atoms with Crippen LogP contribution in [0, 0.1) is 6.92 Å². The van der Waals surface area contributed by atoms with E-state index < -0.39 is 5.97 Å². The molecule has 0 unspecified atom stereocenters. The molecule has 2 aromatic rings. The first kappa shape index (κ1) is 19.5. The maximum absolute atomic E-state index is 12.3. The number of nitrogens with zero attached hydrogens (tertiary/aromatic N) is 1. The Morgan fingerprint density at radius 1 is 1.28 bits per heavy atom. The zero-order chi connectivity index (χ0) is 18.4. The average molecular weight is 379 g/mol. The highest BCUT2D eigenvalue weighted by Gasteiger charge is 2.17. The summed E-state index contributed by atoms with van der Waals surface area (Å²) in [7, 11) is 0. The van der Waals surface area contributed by atoms with Crippen LogP contribution in [0.2, 0.25) is 0 Å². The van der Waals surface area contributed by atoms with Crippen LogP contribution >= 0.6 is 23.1 Å². The van der Waals surface area contributed by atoms with Gasteiger partial charge in [-0.2, -0.15) is 0 Å². The molecule has 134 valence electrons. The minimum absolute atomic E-state index is 0.288. The van der Waals surface area contributed by atoms with Crippen molar-refractivity contribution in [2.75, 3.05) is 6.61 Å². The Labute approximate surface area is 156 Å². The third-order valence-corrected chi connectivity index (χ3v) is 5.22. The van der Waals surface area contributed by atoms with Crippen molar-refractivity contribution in [1.29, 1.82) is 0 Å². The second-order valence-corrected chi connectivity index (χ2v) is 8.66. The van der Waals surface area contributed by atoms with Gasteiger partial charge in [-0.25, -0.2) is 9.78 Å². The van der Waals surface area contributed by atoms with Crippen molar-refractivity contribution in [2.24, 2.45) is 0 Å². The molecule has 1 N–H and O–H groups in total. The third-order valence-electron chi connectivity index (χ3n) is 3.04. The number of nitrogens with one attached hydrogen (secondary N) is 1. The van der Waals surface area contributed by atoms with Crippen molar-refractivity contribution in [3.63, 3.8) is 0 Å². The lowest BCUT2D eigenvalue weighted by Crippen LogP contribution is -2.42. The summed E-state index contributed by atoms with van der Waals surface area (Å²) < 4.78 is 6.12. The first-order chi connectivity index (χ1) is 11.7. The first-order valence-electron chi connectivity index (χ1n) is 7.85. The molecule has 0 aliphatic carbocycles. The summed E-state index contributed by atoms with van der Waals surface area (Å²) >= 11 is 3.16. The highest BCUT2D eigenvalue weighted by Crippen LogP contribution is 2.27. The van der Waals surface area contributed by atoms with Crippen molar-refractivity contribution in [3.8, 4) is 0 Å². The fourth-order valence-electron chi connectivity index (χ4n) is 2.05. The molecule has 0 saturated heterocycles. The van der Waals surface area contributed by atoms with Crippen molar-refractivity contribution in [1.82, 2.24) is 10.3 Å². The third kappa shape index (κ3) is 6.51. The molecule has 1 aromatic heterocycles. The second-order valence-electron chi connectivity index (χ2n) is 6.57. The minimum atomic E-state index is -0.490. The van der Waals surface area contributed by atoms with Crippen molar-refractivity contribution < 1.29 is 14.3 Å². The Hall–Kier alpha value is -1.86. The Bertz CT molecular complexity index is 751. The van der Waals surface area contributed by atoms with Crippen molar-refractivity contribution in [2.45, 2.75) is 43.3 Å². The van der Waals surface area contributed by atoms with Gasteiger partial charge in [-0.1, -0.05) is 30.0 Å². The van der Waals surface area contributed by atoms with E-state index in [0.29, 0.717) is 11.3 Å². The lowest BCUT2D eigenvalue weighted by atomic mass is 10.1. The van der Waals surface area contributed by atoms with Crippen LogP contribution in [-0.2, 0) is 15.3 Å². The van der Waals surface area contributed by atoms with E-state index in [2.05, 4.69) is 10.3 Å². The number of hydrogen-bond acceptors (Lipinski definition) is 6. The predicted molar refractivity (Wildman–Crippen MR) is 101 cm³/mol. The number of benzene rings is 1. The van der Waals surface area contributed by atoms with E-state index >= 15 is 0 Å². The van der Waals surface area contributed by atoms with Crippen LogP contribution in [0.25, 0.3) is 0 Å². The summed E-state index contributed by atoms with van der Waals surface area (Å²) in [4.78, 5) is 28.5. The Morgan fingerprint density at radius 2 is 2.00 bits per heavy atom. The molecule has 0 spiro atoms. The Kier molecular flexibility index (Phi) is 6.61.